The van der Waals surface area contributed by atoms with Gasteiger partial charge in [-0.1, -0.05) is 18.2 Å². The van der Waals surface area contributed by atoms with Crippen molar-refractivity contribution in [2.45, 2.75) is 6.92 Å². The smallest absolute Gasteiger partial charge is 0.330 e. The molecular weight excluding hydrogens is 220 g/mol. The minimum absolute atomic E-state index is 0.277. The van der Waals surface area contributed by atoms with Crippen molar-refractivity contribution in [1.29, 1.82) is 0 Å². The van der Waals surface area contributed by atoms with Gasteiger partial charge in [-0.05, 0) is 18.6 Å². The van der Waals surface area contributed by atoms with Crippen molar-refractivity contribution in [3.63, 3.8) is 0 Å². The molecule has 17 heavy (non-hydrogen) atoms. The first-order valence-electron chi connectivity index (χ1n) is 5.11. The van der Waals surface area contributed by atoms with Crippen LogP contribution in [0.4, 0.5) is 0 Å². The fourth-order valence-corrected chi connectivity index (χ4v) is 1.34. The second-order valence-corrected chi connectivity index (χ2v) is 3.17. The van der Waals surface area contributed by atoms with E-state index in [1.54, 1.807) is 25.1 Å². The van der Waals surface area contributed by atoms with Gasteiger partial charge in [-0.3, -0.25) is 9.59 Å². The van der Waals surface area contributed by atoms with E-state index in [2.05, 4.69) is 0 Å². The third kappa shape index (κ3) is 3.38. The van der Waals surface area contributed by atoms with E-state index in [0.717, 1.165) is 0 Å². The van der Waals surface area contributed by atoms with E-state index in [9.17, 15) is 14.4 Å². The van der Waals surface area contributed by atoms with E-state index in [-0.39, 0.29) is 6.61 Å². The predicted molar refractivity (Wildman–Crippen MR) is 62.9 cm³/mol. The number of carbonyl (C=O) groups excluding carboxylic acids is 3. The van der Waals surface area contributed by atoms with Gasteiger partial charge in [0.15, 0.2) is 12.6 Å². The number of rotatable bonds is 5. The summed E-state index contributed by atoms with van der Waals surface area (Å²) in [5.41, 5.74) is 1.14. The number of ether oxygens (including phenoxy) is 1. The highest BCUT2D eigenvalue weighted by Gasteiger charge is 2.05. The normalized spacial score (nSPS) is 10.2. The number of benzene rings is 1. The van der Waals surface area contributed by atoms with Gasteiger partial charge < -0.3 is 4.74 Å². The lowest BCUT2D eigenvalue weighted by molar-refractivity contribution is -0.137. The molecule has 0 unspecified atom stereocenters. The van der Waals surface area contributed by atoms with Crippen LogP contribution in [-0.2, 0) is 9.53 Å². The van der Waals surface area contributed by atoms with Gasteiger partial charge in [0.05, 0.1) is 6.61 Å². The average molecular weight is 232 g/mol. The molecule has 0 fully saturated rings. The molecule has 0 amide bonds. The summed E-state index contributed by atoms with van der Waals surface area (Å²) in [7, 11) is 0. The Morgan fingerprint density at radius 3 is 2.29 bits per heavy atom. The molecule has 0 aliphatic heterocycles. The van der Waals surface area contributed by atoms with Crippen LogP contribution in [0.3, 0.4) is 0 Å². The summed E-state index contributed by atoms with van der Waals surface area (Å²) in [6.45, 7) is 1.97. The van der Waals surface area contributed by atoms with Crippen molar-refractivity contribution in [3.05, 3.63) is 41.0 Å². The molecule has 88 valence electrons. The van der Waals surface area contributed by atoms with Crippen molar-refractivity contribution in [2.75, 3.05) is 6.61 Å². The molecule has 0 bridgehead atoms. The minimum atomic E-state index is -0.509. The lowest BCUT2D eigenvalue weighted by Gasteiger charge is -2.02. The van der Waals surface area contributed by atoms with Gasteiger partial charge in [0.1, 0.15) is 0 Å². The highest BCUT2D eigenvalue weighted by molar-refractivity contribution is 5.95. The van der Waals surface area contributed by atoms with Crippen molar-refractivity contribution in [2.24, 2.45) is 0 Å². The van der Waals surface area contributed by atoms with Crippen LogP contribution in [0.25, 0.3) is 6.08 Å². The Balaban J connectivity index is 3.07. The van der Waals surface area contributed by atoms with Crippen molar-refractivity contribution < 1.29 is 19.1 Å². The van der Waals surface area contributed by atoms with E-state index in [1.807, 2.05) is 0 Å². The minimum Gasteiger partial charge on any atom is -0.463 e. The van der Waals surface area contributed by atoms with Crippen molar-refractivity contribution in [1.82, 2.24) is 0 Å². The molecule has 1 aromatic carbocycles. The zero-order valence-electron chi connectivity index (χ0n) is 9.38. The van der Waals surface area contributed by atoms with Gasteiger partial charge in [0.25, 0.3) is 0 Å². The maximum Gasteiger partial charge on any atom is 0.330 e. The Labute approximate surface area is 98.9 Å². The van der Waals surface area contributed by atoms with Gasteiger partial charge in [-0.15, -0.1) is 0 Å². The maximum absolute atomic E-state index is 11.1. The summed E-state index contributed by atoms with van der Waals surface area (Å²) < 4.78 is 4.71. The summed E-state index contributed by atoms with van der Waals surface area (Å²) in [4.78, 5) is 32.7. The average Bonchev–Trinajstić information content (AvgIpc) is 2.36. The highest BCUT2D eigenvalue weighted by atomic mass is 16.5. The summed E-state index contributed by atoms with van der Waals surface area (Å²) in [5, 5.41) is 0. The quantitative estimate of drug-likeness (QED) is 0.442. The van der Waals surface area contributed by atoms with Crippen LogP contribution in [0.2, 0.25) is 0 Å². The van der Waals surface area contributed by atoms with Crippen LogP contribution < -0.4 is 0 Å². The van der Waals surface area contributed by atoms with Crippen LogP contribution in [0, 0.1) is 0 Å². The van der Waals surface area contributed by atoms with Crippen LogP contribution in [0.1, 0.15) is 33.2 Å². The molecule has 0 aliphatic carbocycles. The molecule has 0 aromatic heterocycles. The first-order valence-corrected chi connectivity index (χ1v) is 5.11. The Kier molecular flexibility index (Phi) is 4.81. The number of esters is 1. The molecule has 0 heterocycles. The Morgan fingerprint density at radius 2 is 1.82 bits per heavy atom. The topological polar surface area (TPSA) is 60.4 Å². The van der Waals surface area contributed by atoms with Crippen LogP contribution in [-0.4, -0.2) is 25.1 Å². The van der Waals surface area contributed by atoms with E-state index >= 15 is 0 Å². The molecular formula is C13H12O4. The lowest BCUT2D eigenvalue weighted by Crippen LogP contribution is -2.00. The second-order valence-electron chi connectivity index (χ2n) is 3.17. The molecule has 0 atom stereocenters. The molecule has 1 aromatic rings. The van der Waals surface area contributed by atoms with Gasteiger partial charge >= 0.3 is 5.97 Å². The first kappa shape index (κ1) is 12.8. The number of hydrogen-bond donors (Lipinski definition) is 0. The zero-order chi connectivity index (χ0) is 12.7. The molecule has 4 heteroatoms. The number of carbonyl (C=O) groups is 3. The SMILES string of the molecule is CCOC(=O)C=Cc1c(C=O)cccc1C=O. The molecule has 4 nitrogen and oxygen atoms in total. The monoisotopic (exact) mass is 232 g/mol. The van der Waals surface area contributed by atoms with Crippen molar-refractivity contribution in [3.8, 4) is 0 Å². The van der Waals surface area contributed by atoms with E-state index in [1.165, 1.54) is 12.2 Å². The predicted octanol–water partition coefficient (Wildman–Crippen LogP) is 1.89. The van der Waals surface area contributed by atoms with Gasteiger partial charge in [-0.25, -0.2) is 4.79 Å². The summed E-state index contributed by atoms with van der Waals surface area (Å²) in [6.07, 6.45) is 3.87. The second kappa shape index (κ2) is 6.37. The third-order valence-electron chi connectivity index (χ3n) is 2.10. The molecule has 0 saturated heterocycles. The zero-order valence-corrected chi connectivity index (χ0v) is 9.38. The number of hydrogen-bond acceptors (Lipinski definition) is 4. The fraction of sp³-hybridized carbons (Fsp3) is 0.154. The lowest BCUT2D eigenvalue weighted by atomic mass is 10.0. The molecule has 1 rings (SSSR count). The standard InChI is InChI=1S/C13H12O4/c1-2-17-13(16)7-6-12-10(8-14)4-3-5-11(12)9-15/h3-9H,2H2,1H3. The highest BCUT2D eigenvalue weighted by Crippen LogP contribution is 2.13. The molecule has 0 spiro atoms. The molecule has 0 aliphatic rings. The first-order chi connectivity index (χ1) is 8.22. The van der Waals surface area contributed by atoms with Gasteiger partial charge in [0.2, 0.25) is 0 Å². The molecule has 0 saturated carbocycles. The number of aldehydes is 2. The van der Waals surface area contributed by atoms with Gasteiger partial charge in [0, 0.05) is 17.2 Å². The maximum atomic E-state index is 11.1. The van der Waals surface area contributed by atoms with E-state index < -0.39 is 5.97 Å². The van der Waals surface area contributed by atoms with Crippen LogP contribution in [0.15, 0.2) is 24.3 Å². The van der Waals surface area contributed by atoms with Crippen LogP contribution >= 0.6 is 0 Å². The van der Waals surface area contributed by atoms with Crippen LogP contribution in [0.5, 0.6) is 0 Å². The van der Waals surface area contributed by atoms with Crippen molar-refractivity contribution >= 4 is 24.6 Å². The summed E-state index contributed by atoms with van der Waals surface area (Å²) in [5.74, 6) is -0.509. The Bertz CT molecular complexity index is 434. The molecule has 0 radical (unpaired) electrons. The van der Waals surface area contributed by atoms with E-state index in [0.29, 0.717) is 29.3 Å². The largest absolute Gasteiger partial charge is 0.463 e. The van der Waals surface area contributed by atoms with E-state index in [4.69, 9.17) is 4.74 Å². The summed E-state index contributed by atoms with van der Waals surface area (Å²) in [6, 6.07) is 4.75. The van der Waals surface area contributed by atoms with Gasteiger partial charge in [-0.2, -0.15) is 0 Å². The Morgan fingerprint density at radius 1 is 1.24 bits per heavy atom. The fourth-order valence-electron chi connectivity index (χ4n) is 1.34. The third-order valence-corrected chi connectivity index (χ3v) is 2.10. The summed E-state index contributed by atoms with van der Waals surface area (Å²) >= 11 is 0. The Hall–Kier alpha value is -2.23. The molecule has 0 N–H and O–H groups in total.